The number of hydrogen-bond donors (Lipinski definition) is 1. The molecule has 7 heteroatoms. The van der Waals surface area contributed by atoms with Crippen LogP contribution in [0.15, 0.2) is 53.5 Å². The summed E-state index contributed by atoms with van der Waals surface area (Å²) in [5.41, 5.74) is 2.38. The Balaban J connectivity index is 1.66. The summed E-state index contributed by atoms with van der Waals surface area (Å²) in [5, 5.41) is 5.11. The molecule has 0 bridgehead atoms. The van der Waals surface area contributed by atoms with Gasteiger partial charge in [0.05, 0.1) is 22.5 Å². The summed E-state index contributed by atoms with van der Waals surface area (Å²) in [7, 11) is 2.07. The van der Waals surface area contributed by atoms with Crippen LogP contribution in [-0.4, -0.2) is 52.9 Å². The topological polar surface area (TPSA) is 57.2 Å². The number of aromatic nitrogens is 3. The van der Waals surface area contributed by atoms with Crippen LogP contribution in [0.2, 0.25) is 0 Å². The van der Waals surface area contributed by atoms with Gasteiger partial charge in [-0.1, -0.05) is 18.2 Å². The Labute approximate surface area is 161 Å². The fourth-order valence-corrected chi connectivity index (χ4v) is 3.83. The summed E-state index contributed by atoms with van der Waals surface area (Å²) in [4.78, 5) is 20.1. The third-order valence-electron chi connectivity index (χ3n) is 5.46. The van der Waals surface area contributed by atoms with Crippen molar-refractivity contribution in [3.63, 3.8) is 0 Å². The molecule has 6 nitrogen and oxygen atoms in total. The maximum atomic E-state index is 15.3. The van der Waals surface area contributed by atoms with Crippen molar-refractivity contribution in [2.24, 2.45) is 0 Å². The van der Waals surface area contributed by atoms with Gasteiger partial charge in [-0.25, -0.2) is 4.39 Å². The van der Waals surface area contributed by atoms with Gasteiger partial charge in [-0.2, -0.15) is 9.78 Å². The second-order valence-corrected chi connectivity index (χ2v) is 7.22. The van der Waals surface area contributed by atoms with Crippen LogP contribution in [0, 0.1) is 5.82 Å². The van der Waals surface area contributed by atoms with Crippen molar-refractivity contribution >= 4 is 16.6 Å². The molecule has 3 aliphatic heterocycles. The molecule has 1 fully saturated rings. The summed E-state index contributed by atoms with van der Waals surface area (Å²) < 4.78 is 16.7. The number of halogens is 1. The van der Waals surface area contributed by atoms with Crippen LogP contribution >= 0.6 is 0 Å². The Hall–Kier alpha value is -3.19. The fraction of sp³-hybridized carbons (Fsp3) is 0.238. The van der Waals surface area contributed by atoms with Crippen LogP contribution in [0.25, 0.3) is 27.8 Å². The number of benzene rings is 2. The van der Waals surface area contributed by atoms with E-state index in [1.54, 1.807) is 12.3 Å². The first-order valence-corrected chi connectivity index (χ1v) is 9.35. The van der Waals surface area contributed by atoms with Gasteiger partial charge in [-0.05, 0) is 31.3 Å². The van der Waals surface area contributed by atoms with Crippen LogP contribution in [-0.2, 0) is 0 Å². The van der Waals surface area contributed by atoms with E-state index in [0.717, 1.165) is 26.2 Å². The second kappa shape index (κ2) is 6.45. The predicted molar refractivity (Wildman–Crippen MR) is 108 cm³/mol. The number of piperazine rings is 1. The molecule has 0 unspecified atom stereocenters. The number of hydrogen-bond acceptors (Lipinski definition) is 4. The van der Waals surface area contributed by atoms with E-state index in [-0.39, 0.29) is 11.4 Å². The molecule has 3 aliphatic rings. The van der Waals surface area contributed by atoms with Crippen molar-refractivity contribution < 1.29 is 4.39 Å². The van der Waals surface area contributed by atoms with Crippen molar-refractivity contribution in [1.82, 2.24) is 19.7 Å². The van der Waals surface area contributed by atoms with Gasteiger partial charge in [0.15, 0.2) is 5.82 Å². The molecular formula is C21H20FN5O. The number of likely N-dealkylation sites (N-methyl/N-ethyl adjacent to an activating group) is 1. The molecule has 1 saturated heterocycles. The number of nitrogens with one attached hydrogen (secondary N) is 1. The average molecular weight is 377 g/mol. The van der Waals surface area contributed by atoms with E-state index in [0.29, 0.717) is 33.5 Å². The molecule has 0 aromatic heterocycles. The molecule has 0 spiro atoms. The van der Waals surface area contributed by atoms with E-state index in [9.17, 15) is 4.79 Å². The van der Waals surface area contributed by atoms with E-state index >= 15 is 4.39 Å². The molecule has 5 rings (SSSR count). The minimum absolute atomic E-state index is 0.220. The molecule has 0 saturated carbocycles. The van der Waals surface area contributed by atoms with Crippen LogP contribution in [0.3, 0.4) is 0 Å². The van der Waals surface area contributed by atoms with Crippen molar-refractivity contribution in [3.05, 3.63) is 64.8 Å². The maximum Gasteiger partial charge on any atom is 0.282 e. The summed E-state index contributed by atoms with van der Waals surface area (Å²) >= 11 is 0. The second-order valence-electron chi connectivity index (χ2n) is 7.22. The van der Waals surface area contributed by atoms with Crippen LogP contribution in [0.5, 0.6) is 0 Å². The number of nitrogens with zero attached hydrogens (tertiary/aromatic N) is 4. The maximum absolute atomic E-state index is 15.3. The predicted octanol–water partition coefficient (Wildman–Crippen LogP) is 2.71. The molecule has 142 valence electrons. The Morgan fingerprint density at radius 2 is 1.79 bits per heavy atom. The van der Waals surface area contributed by atoms with Crippen LogP contribution < -0.4 is 10.5 Å². The smallest absolute Gasteiger partial charge is 0.282 e. The highest BCUT2D eigenvalue weighted by Gasteiger charge is 2.23. The summed E-state index contributed by atoms with van der Waals surface area (Å²) in [5.74, 6) is -0.300. The first-order chi connectivity index (χ1) is 13.6. The SMILES string of the molecule is CN1CCN(c2ccc3c4nn(-c5ccccc5)c(=O)c-4c[nH]c3c2F)CC1. The van der Waals surface area contributed by atoms with Gasteiger partial charge in [0, 0.05) is 37.8 Å². The van der Waals surface area contributed by atoms with Gasteiger partial charge >= 0.3 is 0 Å². The molecule has 0 aliphatic carbocycles. The first-order valence-electron chi connectivity index (χ1n) is 9.35. The number of fused-ring (bicyclic) bond motifs is 3. The number of para-hydroxylation sites is 1. The van der Waals surface area contributed by atoms with Gasteiger partial charge in [-0.15, -0.1) is 0 Å². The minimum atomic E-state index is -0.300. The summed E-state index contributed by atoms with van der Waals surface area (Å²) in [6.45, 7) is 3.38. The van der Waals surface area contributed by atoms with Gasteiger partial charge in [-0.3, -0.25) is 4.79 Å². The lowest BCUT2D eigenvalue weighted by Crippen LogP contribution is -2.44. The van der Waals surface area contributed by atoms with Crippen molar-refractivity contribution in [1.29, 1.82) is 0 Å². The monoisotopic (exact) mass is 377 g/mol. The zero-order chi connectivity index (χ0) is 19.3. The van der Waals surface area contributed by atoms with Crippen molar-refractivity contribution in [2.45, 2.75) is 0 Å². The third kappa shape index (κ3) is 2.58. The van der Waals surface area contributed by atoms with Crippen molar-refractivity contribution in [2.75, 3.05) is 38.1 Å². The standard InChI is InChI=1S/C21H20FN5O/c1-25-9-11-26(12-10-25)17-8-7-15-19-16(13-23-20(15)18(17)22)21(28)27(24-19)14-5-3-2-4-6-14/h2-8,13,23H,9-12H2,1H3. The lowest BCUT2D eigenvalue weighted by Gasteiger charge is -2.34. The minimum Gasteiger partial charge on any atom is -0.367 e. The number of H-pyrrole nitrogens is 1. The Bertz CT molecular complexity index is 1170. The molecule has 28 heavy (non-hydrogen) atoms. The van der Waals surface area contributed by atoms with Gasteiger partial charge < -0.3 is 14.8 Å². The van der Waals surface area contributed by atoms with Gasteiger partial charge in [0.1, 0.15) is 5.69 Å². The molecule has 2 aromatic rings. The van der Waals surface area contributed by atoms with E-state index in [1.165, 1.54) is 4.68 Å². The van der Waals surface area contributed by atoms with Crippen LogP contribution in [0.1, 0.15) is 0 Å². The quantitative estimate of drug-likeness (QED) is 0.584. The zero-order valence-corrected chi connectivity index (χ0v) is 15.5. The Kier molecular flexibility index (Phi) is 3.91. The Morgan fingerprint density at radius 3 is 2.54 bits per heavy atom. The molecule has 0 atom stereocenters. The highest BCUT2D eigenvalue weighted by Crippen LogP contribution is 2.32. The molecule has 0 amide bonds. The van der Waals surface area contributed by atoms with E-state index in [4.69, 9.17) is 0 Å². The van der Waals surface area contributed by atoms with E-state index < -0.39 is 0 Å². The average Bonchev–Trinajstić information content (AvgIpc) is 3.07. The Morgan fingerprint density at radius 1 is 1.04 bits per heavy atom. The van der Waals surface area contributed by atoms with E-state index in [2.05, 4.69) is 26.9 Å². The van der Waals surface area contributed by atoms with Gasteiger partial charge in [0.25, 0.3) is 5.56 Å². The number of rotatable bonds is 2. The first kappa shape index (κ1) is 16.9. The third-order valence-corrected chi connectivity index (χ3v) is 5.46. The molecule has 1 N–H and O–H groups in total. The number of aromatic amines is 1. The lowest BCUT2D eigenvalue weighted by atomic mass is 10.1. The highest BCUT2D eigenvalue weighted by molar-refractivity contribution is 5.95. The lowest BCUT2D eigenvalue weighted by molar-refractivity contribution is 0.312. The van der Waals surface area contributed by atoms with Gasteiger partial charge in [0.2, 0.25) is 0 Å². The van der Waals surface area contributed by atoms with Crippen LogP contribution in [0.4, 0.5) is 10.1 Å². The normalized spacial score (nSPS) is 15.6. The number of pyridine rings is 1. The van der Waals surface area contributed by atoms with Crippen molar-refractivity contribution in [3.8, 4) is 16.9 Å². The molecule has 0 radical (unpaired) electrons. The zero-order valence-electron chi connectivity index (χ0n) is 15.5. The molecule has 3 heterocycles. The summed E-state index contributed by atoms with van der Waals surface area (Å²) in [6.07, 6.45) is 1.56. The number of anilines is 1. The fourth-order valence-electron chi connectivity index (χ4n) is 3.83. The molecular weight excluding hydrogens is 357 g/mol. The highest BCUT2D eigenvalue weighted by atomic mass is 19.1. The molecule has 2 aromatic carbocycles. The summed E-state index contributed by atoms with van der Waals surface area (Å²) in [6, 6.07) is 12.9. The van der Waals surface area contributed by atoms with E-state index in [1.807, 2.05) is 36.4 Å². The largest absolute Gasteiger partial charge is 0.367 e.